The molecule has 2 aromatic carbocycles. The SMILES string of the molecule is Cc1ccc(F)cc1CC1(O)CC2COCC(C1)N2C(=O)OCc1ccccc1. The number of amides is 1. The lowest BCUT2D eigenvalue weighted by atomic mass is 9.77. The number of ether oxygens (including phenoxy) is 2. The summed E-state index contributed by atoms with van der Waals surface area (Å²) in [6.07, 6.45) is 0.729. The number of carbonyl (C=O) groups is 1. The van der Waals surface area contributed by atoms with Crippen molar-refractivity contribution in [2.45, 2.75) is 50.5 Å². The lowest BCUT2D eigenvalue weighted by Gasteiger charge is -2.51. The Kier molecular flexibility index (Phi) is 5.56. The van der Waals surface area contributed by atoms with Crippen LogP contribution in [0.5, 0.6) is 0 Å². The molecule has 2 atom stereocenters. The van der Waals surface area contributed by atoms with Crippen LogP contribution in [0.1, 0.15) is 29.5 Å². The van der Waals surface area contributed by atoms with E-state index in [4.69, 9.17) is 9.47 Å². The van der Waals surface area contributed by atoms with E-state index in [1.807, 2.05) is 37.3 Å². The molecule has 1 N–H and O–H groups in total. The van der Waals surface area contributed by atoms with Crippen LogP contribution in [0, 0.1) is 12.7 Å². The first-order chi connectivity index (χ1) is 13.9. The van der Waals surface area contributed by atoms with E-state index in [2.05, 4.69) is 0 Å². The van der Waals surface area contributed by atoms with Crippen LogP contribution in [0.15, 0.2) is 48.5 Å². The number of aliphatic hydroxyl groups is 1. The summed E-state index contributed by atoms with van der Waals surface area (Å²) in [5, 5.41) is 11.3. The molecule has 6 heteroatoms. The van der Waals surface area contributed by atoms with E-state index in [1.54, 1.807) is 11.0 Å². The van der Waals surface area contributed by atoms with Gasteiger partial charge in [0.25, 0.3) is 0 Å². The van der Waals surface area contributed by atoms with Gasteiger partial charge in [0.2, 0.25) is 0 Å². The highest BCUT2D eigenvalue weighted by Crippen LogP contribution is 2.37. The van der Waals surface area contributed by atoms with Crippen molar-refractivity contribution in [2.75, 3.05) is 13.2 Å². The van der Waals surface area contributed by atoms with Crippen LogP contribution >= 0.6 is 0 Å². The molecule has 1 amide bonds. The molecule has 2 aromatic rings. The van der Waals surface area contributed by atoms with Crippen molar-refractivity contribution in [2.24, 2.45) is 0 Å². The Morgan fingerprint density at radius 3 is 2.59 bits per heavy atom. The molecule has 2 unspecified atom stereocenters. The standard InChI is InChI=1S/C23H26FNO4/c1-16-7-8-19(24)9-18(16)10-23(27)11-20-14-28-15-21(12-23)25(20)22(26)29-13-17-5-3-2-4-6-17/h2-9,20-21,27H,10-15H2,1H3. The second-order valence-corrected chi connectivity index (χ2v) is 8.17. The minimum atomic E-state index is -1.01. The van der Waals surface area contributed by atoms with Gasteiger partial charge in [0, 0.05) is 6.42 Å². The Labute approximate surface area is 170 Å². The van der Waals surface area contributed by atoms with E-state index in [9.17, 15) is 14.3 Å². The molecule has 2 aliphatic heterocycles. The van der Waals surface area contributed by atoms with Crippen LogP contribution in [0.2, 0.25) is 0 Å². The molecule has 2 fully saturated rings. The zero-order valence-electron chi connectivity index (χ0n) is 16.5. The van der Waals surface area contributed by atoms with E-state index in [0.717, 1.165) is 16.7 Å². The zero-order chi connectivity index (χ0) is 20.4. The summed E-state index contributed by atoms with van der Waals surface area (Å²) in [7, 11) is 0. The van der Waals surface area contributed by atoms with Gasteiger partial charge in [-0.2, -0.15) is 0 Å². The van der Waals surface area contributed by atoms with Gasteiger partial charge in [-0.25, -0.2) is 9.18 Å². The Morgan fingerprint density at radius 2 is 1.90 bits per heavy atom. The van der Waals surface area contributed by atoms with Gasteiger partial charge in [-0.05, 0) is 48.6 Å². The molecule has 2 saturated heterocycles. The Balaban J connectivity index is 1.45. The molecule has 2 bridgehead atoms. The van der Waals surface area contributed by atoms with Crippen molar-refractivity contribution in [3.05, 3.63) is 71.0 Å². The van der Waals surface area contributed by atoms with Crippen LogP contribution in [-0.4, -0.2) is 47.0 Å². The van der Waals surface area contributed by atoms with Gasteiger partial charge >= 0.3 is 6.09 Å². The largest absolute Gasteiger partial charge is 0.445 e. The summed E-state index contributed by atoms with van der Waals surface area (Å²) in [6, 6.07) is 13.7. The third-order valence-corrected chi connectivity index (χ3v) is 5.89. The topological polar surface area (TPSA) is 59.0 Å². The Morgan fingerprint density at radius 1 is 1.21 bits per heavy atom. The highest BCUT2D eigenvalue weighted by atomic mass is 19.1. The first-order valence-corrected chi connectivity index (χ1v) is 9.98. The molecule has 29 heavy (non-hydrogen) atoms. The minimum absolute atomic E-state index is 0.212. The summed E-state index contributed by atoms with van der Waals surface area (Å²) >= 11 is 0. The predicted octanol–water partition coefficient (Wildman–Crippen LogP) is 3.61. The number of nitrogens with zero attached hydrogens (tertiary/aromatic N) is 1. The van der Waals surface area contributed by atoms with Gasteiger partial charge in [0.05, 0.1) is 30.9 Å². The van der Waals surface area contributed by atoms with Crippen molar-refractivity contribution in [1.82, 2.24) is 4.90 Å². The van der Waals surface area contributed by atoms with Crippen molar-refractivity contribution >= 4 is 6.09 Å². The number of halogens is 1. The van der Waals surface area contributed by atoms with Crippen LogP contribution in [0.4, 0.5) is 9.18 Å². The van der Waals surface area contributed by atoms with Gasteiger partial charge in [0.1, 0.15) is 12.4 Å². The summed E-state index contributed by atoms with van der Waals surface area (Å²) in [5.41, 5.74) is 1.67. The first-order valence-electron chi connectivity index (χ1n) is 9.98. The van der Waals surface area contributed by atoms with Crippen LogP contribution in [0.25, 0.3) is 0 Å². The molecule has 5 nitrogen and oxygen atoms in total. The number of fused-ring (bicyclic) bond motifs is 2. The summed E-state index contributed by atoms with van der Waals surface area (Å²) in [5.74, 6) is -0.306. The summed E-state index contributed by atoms with van der Waals surface area (Å²) in [4.78, 5) is 14.5. The number of rotatable bonds is 4. The molecule has 2 aliphatic rings. The van der Waals surface area contributed by atoms with Gasteiger partial charge in [0.15, 0.2) is 0 Å². The number of carbonyl (C=O) groups excluding carboxylic acids is 1. The average Bonchev–Trinajstić information content (AvgIpc) is 2.69. The van der Waals surface area contributed by atoms with Gasteiger partial charge in [-0.3, -0.25) is 4.90 Å². The second kappa shape index (κ2) is 8.13. The number of aryl methyl sites for hydroxylation is 1. The third-order valence-electron chi connectivity index (χ3n) is 5.89. The number of piperidine rings is 1. The molecular formula is C23H26FNO4. The Hall–Kier alpha value is -2.44. The summed E-state index contributed by atoms with van der Waals surface area (Å²) in [6.45, 7) is 2.85. The van der Waals surface area contributed by atoms with E-state index in [0.29, 0.717) is 32.5 Å². The highest BCUT2D eigenvalue weighted by molar-refractivity contribution is 5.69. The van der Waals surface area contributed by atoms with Gasteiger partial charge < -0.3 is 14.6 Å². The van der Waals surface area contributed by atoms with Crippen LogP contribution in [-0.2, 0) is 22.5 Å². The van der Waals surface area contributed by atoms with E-state index in [1.165, 1.54) is 12.1 Å². The fourth-order valence-electron chi connectivity index (χ4n) is 4.50. The number of morpholine rings is 1. The fourth-order valence-corrected chi connectivity index (χ4v) is 4.50. The van der Waals surface area contributed by atoms with Gasteiger partial charge in [-0.15, -0.1) is 0 Å². The van der Waals surface area contributed by atoms with Gasteiger partial charge in [-0.1, -0.05) is 36.4 Å². The number of benzene rings is 2. The van der Waals surface area contributed by atoms with E-state index >= 15 is 0 Å². The maximum atomic E-state index is 13.7. The van der Waals surface area contributed by atoms with Crippen molar-refractivity contribution in [1.29, 1.82) is 0 Å². The minimum Gasteiger partial charge on any atom is -0.445 e. The van der Waals surface area contributed by atoms with Crippen molar-refractivity contribution < 1.29 is 23.8 Å². The molecule has 4 rings (SSSR count). The Bertz CT molecular complexity index is 858. The molecule has 2 heterocycles. The molecule has 0 spiro atoms. The third kappa shape index (κ3) is 4.43. The van der Waals surface area contributed by atoms with Crippen molar-refractivity contribution in [3.63, 3.8) is 0 Å². The van der Waals surface area contributed by atoms with E-state index < -0.39 is 5.60 Å². The molecular weight excluding hydrogens is 373 g/mol. The van der Waals surface area contributed by atoms with Crippen LogP contribution < -0.4 is 0 Å². The first kappa shape index (κ1) is 19.9. The number of hydrogen-bond donors (Lipinski definition) is 1. The van der Waals surface area contributed by atoms with E-state index in [-0.39, 0.29) is 30.6 Å². The fraction of sp³-hybridized carbons (Fsp3) is 0.435. The lowest BCUT2D eigenvalue weighted by molar-refractivity contribution is -0.133. The second-order valence-electron chi connectivity index (χ2n) is 8.17. The highest BCUT2D eigenvalue weighted by Gasteiger charge is 2.48. The smallest absolute Gasteiger partial charge is 0.410 e. The van der Waals surface area contributed by atoms with Crippen molar-refractivity contribution in [3.8, 4) is 0 Å². The molecule has 0 saturated carbocycles. The zero-order valence-corrected chi connectivity index (χ0v) is 16.5. The molecule has 0 aliphatic carbocycles. The van der Waals surface area contributed by atoms with Crippen LogP contribution in [0.3, 0.4) is 0 Å². The quantitative estimate of drug-likeness (QED) is 0.853. The summed E-state index contributed by atoms with van der Waals surface area (Å²) < 4.78 is 24.8. The molecule has 0 aromatic heterocycles. The normalized spacial score (nSPS) is 26.2. The maximum Gasteiger partial charge on any atom is 0.410 e. The maximum absolute atomic E-state index is 13.7. The monoisotopic (exact) mass is 399 g/mol. The molecule has 0 radical (unpaired) electrons. The molecule has 154 valence electrons. The average molecular weight is 399 g/mol. The number of hydrogen-bond acceptors (Lipinski definition) is 4. The lowest BCUT2D eigenvalue weighted by Crippen LogP contribution is -2.64. The predicted molar refractivity (Wildman–Crippen MR) is 106 cm³/mol.